The smallest absolute Gasteiger partial charge is 0.158 e. The van der Waals surface area contributed by atoms with E-state index in [1.807, 2.05) is 13.8 Å². The van der Waals surface area contributed by atoms with E-state index in [4.69, 9.17) is 0 Å². The van der Waals surface area contributed by atoms with Gasteiger partial charge >= 0.3 is 0 Å². The quantitative estimate of drug-likeness (QED) is 0.463. The molecule has 0 unspecified atom stereocenters. The van der Waals surface area contributed by atoms with Crippen LogP contribution in [0.15, 0.2) is 34.8 Å². The molecule has 126 valence electrons. The second-order valence-electron chi connectivity index (χ2n) is 4.44. The molecule has 0 aliphatic rings. The molecular weight excluding hydrogens is 396 g/mol. The molecule has 0 spiro atoms. The van der Waals surface area contributed by atoms with Gasteiger partial charge in [0.2, 0.25) is 0 Å². The van der Waals surface area contributed by atoms with Gasteiger partial charge in [0, 0.05) is 15.6 Å². The summed E-state index contributed by atoms with van der Waals surface area (Å²) in [6.45, 7) is 4.00. The van der Waals surface area contributed by atoms with E-state index >= 15 is 0 Å². The Bertz CT molecular complexity index is 867. The third-order valence-electron chi connectivity index (χ3n) is 2.94. The Morgan fingerprint density at radius 1 is 0.792 bits per heavy atom. The maximum absolute atomic E-state index is 9.60. The zero-order valence-corrected chi connectivity index (χ0v) is 15.3. The first-order valence-electron chi connectivity index (χ1n) is 7.03. The van der Waals surface area contributed by atoms with Crippen LogP contribution in [0.3, 0.4) is 0 Å². The fourth-order valence-corrected chi connectivity index (χ4v) is 3.34. The van der Waals surface area contributed by atoms with Crippen LogP contribution in [0.25, 0.3) is 21.1 Å². The molecule has 3 rings (SSSR count). The van der Waals surface area contributed by atoms with E-state index in [0.29, 0.717) is 25.6 Å². The van der Waals surface area contributed by atoms with E-state index in [1.54, 1.807) is 6.07 Å². The summed E-state index contributed by atoms with van der Waals surface area (Å²) in [6.07, 6.45) is 0. The molecule has 0 bridgehead atoms. The first kappa shape index (κ1) is 18.0. The first-order chi connectivity index (χ1) is 11.5. The van der Waals surface area contributed by atoms with Crippen molar-refractivity contribution >= 4 is 27.3 Å². The van der Waals surface area contributed by atoms with Crippen LogP contribution in [0.2, 0.25) is 0 Å². The largest absolute Gasteiger partial charge is 0.504 e. The third-order valence-corrected chi connectivity index (χ3v) is 4.60. The van der Waals surface area contributed by atoms with Crippen LogP contribution in [0.4, 0.5) is 0 Å². The van der Waals surface area contributed by atoms with Crippen LogP contribution < -0.4 is 0 Å². The summed E-state index contributed by atoms with van der Waals surface area (Å²) in [5, 5.41) is 47.1. The van der Waals surface area contributed by atoms with Crippen molar-refractivity contribution in [2.45, 2.75) is 13.8 Å². The Kier molecular flexibility index (Phi) is 5.63. The molecule has 0 aliphatic heterocycles. The summed E-state index contributed by atoms with van der Waals surface area (Å²) in [5.74, 6) is -0.932. The molecule has 0 saturated carbocycles. The molecule has 2 aromatic carbocycles. The van der Waals surface area contributed by atoms with Crippen molar-refractivity contribution in [3.8, 4) is 44.1 Å². The maximum Gasteiger partial charge on any atom is 0.158 e. The Labute approximate surface area is 150 Å². The van der Waals surface area contributed by atoms with E-state index in [1.165, 1.54) is 35.6 Å². The van der Waals surface area contributed by atoms with E-state index in [-0.39, 0.29) is 23.0 Å². The Morgan fingerprint density at radius 2 is 1.38 bits per heavy atom. The van der Waals surface area contributed by atoms with Crippen LogP contribution in [0.1, 0.15) is 13.8 Å². The van der Waals surface area contributed by atoms with Gasteiger partial charge in [-0.05, 0) is 46.3 Å². The standard InChI is InChI=1S/C14H9BrN2O4S.C2H6/c15-8-5-12(21)11(20)4-7(8)14-17-16-13(22-14)6-1-2-9(18)10(19)3-6;1-2/h1-5,18-21H;1-2H3. The van der Waals surface area contributed by atoms with E-state index in [0.717, 1.165) is 0 Å². The van der Waals surface area contributed by atoms with Crippen molar-refractivity contribution in [2.24, 2.45) is 0 Å². The van der Waals surface area contributed by atoms with Crippen molar-refractivity contribution in [3.63, 3.8) is 0 Å². The number of hydrogen-bond donors (Lipinski definition) is 4. The second-order valence-corrected chi connectivity index (χ2v) is 6.27. The Hall–Kier alpha value is -2.32. The molecule has 0 fully saturated rings. The summed E-state index contributed by atoms with van der Waals surface area (Å²) in [4.78, 5) is 0. The Morgan fingerprint density at radius 3 is 2.04 bits per heavy atom. The van der Waals surface area contributed by atoms with Crippen molar-refractivity contribution < 1.29 is 20.4 Å². The minimum atomic E-state index is -0.253. The van der Waals surface area contributed by atoms with E-state index < -0.39 is 0 Å². The summed E-state index contributed by atoms with van der Waals surface area (Å²) in [5.41, 5.74) is 1.19. The van der Waals surface area contributed by atoms with Crippen LogP contribution >= 0.6 is 27.3 Å². The first-order valence-corrected chi connectivity index (χ1v) is 8.64. The van der Waals surface area contributed by atoms with Crippen molar-refractivity contribution in [1.82, 2.24) is 10.2 Å². The van der Waals surface area contributed by atoms with Crippen LogP contribution in [0.5, 0.6) is 23.0 Å². The summed E-state index contributed by atoms with van der Waals surface area (Å²) in [6, 6.07) is 7.13. The second kappa shape index (κ2) is 7.50. The molecule has 1 aromatic heterocycles. The lowest BCUT2D eigenvalue weighted by Crippen LogP contribution is -1.80. The number of halogens is 1. The van der Waals surface area contributed by atoms with Gasteiger partial charge in [0.25, 0.3) is 0 Å². The molecular formula is C16H15BrN2O4S. The number of aromatic nitrogens is 2. The van der Waals surface area contributed by atoms with Gasteiger partial charge in [0.1, 0.15) is 10.0 Å². The lowest BCUT2D eigenvalue weighted by atomic mass is 10.2. The number of phenols is 4. The SMILES string of the molecule is CC.Oc1ccc(-c2nnc(-c3cc(O)c(O)cc3Br)s2)cc1O. The molecule has 4 N–H and O–H groups in total. The lowest BCUT2D eigenvalue weighted by molar-refractivity contribution is 0.403. The highest BCUT2D eigenvalue weighted by molar-refractivity contribution is 9.10. The van der Waals surface area contributed by atoms with Gasteiger partial charge in [0.05, 0.1) is 0 Å². The van der Waals surface area contributed by atoms with Gasteiger partial charge in [-0.15, -0.1) is 10.2 Å². The fraction of sp³-hybridized carbons (Fsp3) is 0.125. The zero-order valence-electron chi connectivity index (χ0n) is 12.9. The minimum Gasteiger partial charge on any atom is -0.504 e. The van der Waals surface area contributed by atoms with E-state index in [9.17, 15) is 20.4 Å². The zero-order chi connectivity index (χ0) is 17.9. The predicted octanol–water partition coefficient (Wildman–Crippen LogP) is 4.48. The summed E-state index contributed by atoms with van der Waals surface area (Å²) < 4.78 is 0.569. The van der Waals surface area contributed by atoms with Crippen molar-refractivity contribution in [1.29, 1.82) is 0 Å². The average Bonchev–Trinajstić information content (AvgIpc) is 3.05. The number of phenolic OH excluding ortho intramolecular Hbond substituents is 4. The highest BCUT2D eigenvalue weighted by atomic mass is 79.9. The third kappa shape index (κ3) is 3.60. The van der Waals surface area contributed by atoms with Gasteiger partial charge in [-0.25, -0.2) is 0 Å². The van der Waals surface area contributed by atoms with Crippen LogP contribution in [-0.2, 0) is 0 Å². The normalized spacial score (nSPS) is 10.1. The number of nitrogens with zero attached hydrogens (tertiary/aromatic N) is 2. The van der Waals surface area contributed by atoms with Gasteiger partial charge in [-0.3, -0.25) is 0 Å². The lowest BCUT2D eigenvalue weighted by Gasteiger charge is -2.03. The molecule has 0 aliphatic carbocycles. The van der Waals surface area contributed by atoms with Gasteiger partial charge in [-0.1, -0.05) is 25.2 Å². The van der Waals surface area contributed by atoms with Crippen LogP contribution in [0, 0.1) is 0 Å². The Balaban J connectivity index is 0.00000100. The molecule has 3 aromatic rings. The van der Waals surface area contributed by atoms with Gasteiger partial charge in [0.15, 0.2) is 23.0 Å². The minimum absolute atomic E-state index is 0.209. The summed E-state index contributed by atoms with van der Waals surface area (Å²) in [7, 11) is 0. The highest BCUT2D eigenvalue weighted by Crippen LogP contribution is 2.40. The monoisotopic (exact) mass is 410 g/mol. The van der Waals surface area contributed by atoms with Crippen molar-refractivity contribution in [3.05, 3.63) is 34.8 Å². The molecule has 6 nitrogen and oxygen atoms in total. The molecule has 0 saturated heterocycles. The number of rotatable bonds is 2. The topological polar surface area (TPSA) is 107 Å². The number of hydrogen-bond acceptors (Lipinski definition) is 7. The van der Waals surface area contributed by atoms with Crippen molar-refractivity contribution in [2.75, 3.05) is 0 Å². The molecule has 1 heterocycles. The average molecular weight is 411 g/mol. The summed E-state index contributed by atoms with van der Waals surface area (Å²) >= 11 is 4.54. The molecule has 24 heavy (non-hydrogen) atoms. The molecule has 0 radical (unpaired) electrons. The fourth-order valence-electron chi connectivity index (χ4n) is 1.82. The maximum atomic E-state index is 9.60. The van der Waals surface area contributed by atoms with Crippen LogP contribution in [-0.4, -0.2) is 30.6 Å². The number of aromatic hydroxyl groups is 4. The predicted molar refractivity (Wildman–Crippen MR) is 96.5 cm³/mol. The van der Waals surface area contributed by atoms with Gasteiger partial charge < -0.3 is 20.4 Å². The molecule has 0 atom stereocenters. The van der Waals surface area contributed by atoms with E-state index in [2.05, 4.69) is 26.1 Å². The molecule has 8 heteroatoms. The highest BCUT2D eigenvalue weighted by Gasteiger charge is 2.15. The van der Waals surface area contributed by atoms with Gasteiger partial charge in [-0.2, -0.15) is 0 Å². The number of benzene rings is 2. The molecule has 0 amide bonds.